The molecule has 2 aromatic heterocycles. The SMILES string of the molecule is CCn1cc(CN(Cc2ccccc2)S(=O)(=O)c2cn(C(F)F)nc2C)cn1. The molecule has 0 spiro atoms. The molecule has 2 heterocycles. The Hall–Kier alpha value is -2.59. The topological polar surface area (TPSA) is 73.0 Å². The summed E-state index contributed by atoms with van der Waals surface area (Å²) in [5.74, 6) is 0. The molecule has 0 bridgehead atoms. The van der Waals surface area contributed by atoms with Crippen LogP contribution in [0.4, 0.5) is 8.78 Å². The van der Waals surface area contributed by atoms with Crippen molar-refractivity contribution in [2.24, 2.45) is 0 Å². The molecule has 1 aromatic carbocycles. The molecule has 0 atom stereocenters. The highest BCUT2D eigenvalue weighted by molar-refractivity contribution is 7.89. The van der Waals surface area contributed by atoms with Gasteiger partial charge >= 0.3 is 6.55 Å². The van der Waals surface area contributed by atoms with Crippen molar-refractivity contribution >= 4 is 10.0 Å². The van der Waals surface area contributed by atoms with Gasteiger partial charge in [0.05, 0.1) is 18.1 Å². The molecule has 0 fully saturated rings. The van der Waals surface area contributed by atoms with Gasteiger partial charge in [-0.3, -0.25) is 4.68 Å². The number of benzene rings is 1. The van der Waals surface area contributed by atoms with E-state index in [1.54, 1.807) is 17.1 Å². The number of aryl methyl sites for hydroxylation is 2. The smallest absolute Gasteiger partial charge is 0.273 e. The molecule has 0 unspecified atom stereocenters. The van der Waals surface area contributed by atoms with E-state index < -0.39 is 16.6 Å². The first-order valence-corrected chi connectivity index (χ1v) is 10.1. The molecule has 0 amide bonds. The van der Waals surface area contributed by atoms with E-state index >= 15 is 0 Å². The fourth-order valence-corrected chi connectivity index (χ4v) is 4.41. The average molecular weight is 409 g/mol. The van der Waals surface area contributed by atoms with Gasteiger partial charge in [0.15, 0.2) is 0 Å². The molecule has 3 aromatic rings. The van der Waals surface area contributed by atoms with E-state index in [-0.39, 0.29) is 23.7 Å². The molecule has 0 aliphatic rings. The summed E-state index contributed by atoms with van der Waals surface area (Å²) < 4.78 is 55.8. The van der Waals surface area contributed by atoms with Gasteiger partial charge in [0.25, 0.3) is 0 Å². The monoisotopic (exact) mass is 409 g/mol. The van der Waals surface area contributed by atoms with Gasteiger partial charge < -0.3 is 0 Å². The Morgan fingerprint density at radius 2 is 1.79 bits per heavy atom. The summed E-state index contributed by atoms with van der Waals surface area (Å²) in [6, 6.07) is 9.09. The van der Waals surface area contributed by atoms with Crippen LogP contribution in [0.1, 0.15) is 30.3 Å². The van der Waals surface area contributed by atoms with Gasteiger partial charge in [-0.1, -0.05) is 30.3 Å². The predicted octanol–water partition coefficient (Wildman–Crippen LogP) is 3.19. The van der Waals surface area contributed by atoms with E-state index in [0.29, 0.717) is 16.8 Å². The highest BCUT2D eigenvalue weighted by Gasteiger charge is 2.30. The van der Waals surface area contributed by atoms with Crippen LogP contribution in [0.15, 0.2) is 53.8 Å². The second kappa shape index (κ2) is 8.19. The van der Waals surface area contributed by atoms with E-state index in [2.05, 4.69) is 10.2 Å². The van der Waals surface area contributed by atoms with Crippen LogP contribution in [0, 0.1) is 6.92 Å². The van der Waals surface area contributed by atoms with Crippen molar-refractivity contribution < 1.29 is 17.2 Å². The predicted molar refractivity (Wildman–Crippen MR) is 99.0 cm³/mol. The van der Waals surface area contributed by atoms with Crippen molar-refractivity contribution in [1.82, 2.24) is 23.9 Å². The van der Waals surface area contributed by atoms with E-state index in [9.17, 15) is 17.2 Å². The second-order valence-electron chi connectivity index (χ2n) is 6.30. The standard InChI is InChI=1S/C18H21F2N5O2S/c1-3-23-10-16(9-21-23)12-24(11-15-7-5-4-6-8-15)28(26,27)17-13-25(18(19)20)22-14(17)2/h4-10,13,18H,3,11-12H2,1-2H3. The van der Waals surface area contributed by atoms with E-state index in [1.165, 1.54) is 11.2 Å². The Morgan fingerprint density at radius 1 is 1.11 bits per heavy atom. The van der Waals surface area contributed by atoms with E-state index in [4.69, 9.17) is 0 Å². The van der Waals surface area contributed by atoms with E-state index in [0.717, 1.165) is 11.8 Å². The number of rotatable bonds is 8. The summed E-state index contributed by atoms with van der Waals surface area (Å²) in [5, 5.41) is 7.81. The maximum Gasteiger partial charge on any atom is 0.333 e. The van der Waals surface area contributed by atoms with Gasteiger partial charge in [-0.25, -0.2) is 13.1 Å². The molecule has 0 saturated heterocycles. The minimum atomic E-state index is -4.06. The zero-order valence-corrected chi connectivity index (χ0v) is 16.4. The van der Waals surface area contributed by atoms with Crippen molar-refractivity contribution in [2.75, 3.05) is 0 Å². The Balaban J connectivity index is 1.98. The minimum Gasteiger partial charge on any atom is -0.273 e. The number of nitrogens with zero attached hydrogens (tertiary/aromatic N) is 5. The lowest BCUT2D eigenvalue weighted by atomic mass is 10.2. The molecule has 3 rings (SSSR count). The molecular weight excluding hydrogens is 388 g/mol. The van der Waals surface area contributed by atoms with Gasteiger partial charge in [-0.05, 0) is 19.4 Å². The highest BCUT2D eigenvalue weighted by atomic mass is 32.2. The largest absolute Gasteiger partial charge is 0.333 e. The maximum absolute atomic E-state index is 13.3. The summed E-state index contributed by atoms with van der Waals surface area (Å²) in [4.78, 5) is -0.230. The van der Waals surface area contributed by atoms with Crippen LogP contribution in [0.3, 0.4) is 0 Å². The Kier molecular flexibility index (Phi) is 5.90. The Bertz CT molecular complexity index is 1030. The summed E-state index contributed by atoms with van der Waals surface area (Å²) >= 11 is 0. The number of hydrogen-bond acceptors (Lipinski definition) is 4. The summed E-state index contributed by atoms with van der Waals surface area (Å²) in [6.07, 6.45) is 4.25. The van der Waals surface area contributed by atoms with Crippen molar-refractivity contribution in [1.29, 1.82) is 0 Å². The van der Waals surface area contributed by atoms with E-state index in [1.807, 2.05) is 37.3 Å². The van der Waals surface area contributed by atoms with Crippen molar-refractivity contribution in [3.8, 4) is 0 Å². The lowest BCUT2D eigenvalue weighted by Crippen LogP contribution is -2.30. The molecule has 7 nitrogen and oxygen atoms in total. The number of sulfonamides is 1. The third kappa shape index (κ3) is 4.28. The summed E-state index contributed by atoms with van der Waals surface area (Å²) in [7, 11) is -4.06. The zero-order chi connectivity index (χ0) is 20.3. The molecule has 150 valence electrons. The molecular formula is C18H21F2N5O2S. The third-order valence-corrected chi connectivity index (χ3v) is 6.16. The van der Waals surface area contributed by atoms with Crippen molar-refractivity contribution in [3.63, 3.8) is 0 Å². The molecule has 28 heavy (non-hydrogen) atoms. The van der Waals surface area contributed by atoms with Crippen LogP contribution < -0.4 is 0 Å². The normalized spacial score (nSPS) is 12.2. The Morgan fingerprint density at radius 3 is 2.36 bits per heavy atom. The minimum absolute atomic E-state index is 0.0302. The van der Waals surface area contributed by atoms with Crippen LogP contribution in [-0.4, -0.2) is 32.3 Å². The van der Waals surface area contributed by atoms with Crippen LogP contribution in [0.25, 0.3) is 0 Å². The molecule has 0 aliphatic carbocycles. The van der Waals surface area contributed by atoms with Gasteiger partial charge in [0.2, 0.25) is 10.0 Å². The van der Waals surface area contributed by atoms with Crippen molar-refractivity contribution in [2.45, 2.75) is 44.9 Å². The maximum atomic E-state index is 13.3. The first-order chi connectivity index (χ1) is 13.3. The first-order valence-electron chi connectivity index (χ1n) is 8.70. The van der Waals surface area contributed by atoms with Crippen LogP contribution in [-0.2, 0) is 29.7 Å². The Labute approximate surface area is 162 Å². The number of halogens is 2. The number of aromatic nitrogens is 4. The summed E-state index contributed by atoms with van der Waals surface area (Å²) in [6.45, 7) is 1.24. The zero-order valence-electron chi connectivity index (χ0n) is 15.5. The quantitative estimate of drug-likeness (QED) is 0.573. The van der Waals surface area contributed by atoms with Crippen LogP contribution in [0.2, 0.25) is 0 Å². The molecule has 0 N–H and O–H groups in total. The first kappa shape index (κ1) is 20.2. The molecule has 10 heteroatoms. The fourth-order valence-electron chi connectivity index (χ4n) is 2.83. The highest BCUT2D eigenvalue weighted by Crippen LogP contribution is 2.25. The van der Waals surface area contributed by atoms with Gasteiger partial charge in [-0.2, -0.15) is 23.3 Å². The third-order valence-electron chi connectivity index (χ3n) is 4.26. The van der Waals surface area contributed by atoms with Crippen LogP contribution in [0.5, 0.6) is 0 Å². The summed E-state index contributed by atoms with van der Waals surface area (Å²) in [5.41, 5.74) is 1.52. The molecule has 0 saturated carbocycles. The molecule has 0 radical (unpaired) electrons. The molecule has 0 aliphatic heterocycles. The second-order valence-corrected chi connectivity index (χ2v) is 8.21. The lowest BCUT2D eigenvalue weighted by Gasteiger charge is -2.21. The number of hydrogen-bond donors (Lipinski definition) is 0. The fraction of sp³-hybridized carbons (Fsp3) is 0.333. The lowest BCUT2D eigenvalue weighted by molar-refractivity contribution is 0.0561. The average Bonchev–Trinajstić information content (AvgIpc) is 3.28. The number of alkyl halides is 2. The van der Waals surface area contributed by atoms with Gasteiger partial charge in [0.1, 0.15) is 4.90 Å². The van der Waals surface area contributed by atoms with Crippen molar-refractivity contribution in [3.05, 3.63) is 65.7 Å². The van der Waals surface area contributed by atoms with Crippen LogP contribution >= 0.6 is 0 Å². The van der Waals surface area contributed by atoms with Gasteiger partial charge in [-0.15, -0.1) is 0 Å². The van der Waals surface area contributed by atoms with Gasteiger partial charge in [0, 0.05) is 31.4 Å².